The fourth-order valence-corrected chi connectivity index (χ4v) is 4.20. The molecule has 0 bridgehead atoms. The third-order valence-electron chi connectivity index (χ3n) is 5.61. The second-order valence-electron chi connectivity index (χ2n) is 7.44. The molecule has 2 aliphatic heterocycles. The van der Waals surface area contributed by atoms with Crippen LogP contribution in [0.15, 0.2) is 18.2 Å². The minimum Gasteiger partial charge on any atom is -0.496 e. The first kappa shape index (κ1) is 18.4. The van der Waals surface area contributed by atoms with Crippen LogP contribution in [0.3, 0.4) is 0 Å². The molecular formula is C20H29N5O2. The zero-order valence-corrected chi connectivity index (χ0v) is 16.3. The lowest BCUT2D eigenvalue weighted by Gasteiger charge is -2.30. The van der Waals surface area contributed by atoms with Crippen molar-refractivity contribution in [3.63, 3.8) is 0 Å². The van der Waals surface area contributed by atoms with Gasteiger partial charge in [0.2, 0.25) is 0 Å². The molecule has 3 heterocycles. The Balaban J connectivity index is 1.47. The molecule has 146 valence electrons. The van der Waals surface area contributed by atoms with Crippen molar-refractivity contribution in [2.45, 2.75) is 45.0 Å². The molecule has 1 aromatic heterocycles. The van der Waals surface area contributed by atoms with Crippen molar-refractivity contribution in [2.75, 3.05) is 33.9 Å². The largest absolute Gasteiger partial charge is 0.496 e. The maximum Gasteiger partial charge on any atom is 0.147 e. The number of rotatable bonds is 6. The Labute approximate surface area is 160 Å². The van der Waals surface area contributed by atoms with Gasteiger partial charge in [-0.25, -0.2) is 0 Å². The van der Waals surface area contributed by atoms with E-state index in [1.165, 1.54) is 17.0 Å². The summed E-state index contributed by atoms with van der Waals surface area (Å²) in [6, 6.07) is 6.28. The number of methoxy groups -OCH3 is 2. The van der Waals surface area contributed by atoms with Gasteiger partial charge in [0.05, 0.1) is 20.3 Å². The van der Waals surface area contributed by atoms with Gasteiger partial charge >= 0.3 is 0 Å². The third-order valence-corrected chi connectivity index (χ3v) is 5.61. The number of hydrogen-bond donors (Lipinski definition) is 1. The molecule has 0 amide bonds. The molecule has 1 aromatic carbocycles. The zero-order chi connectivity index (χ0) is 18.6. The first-order valence-corrected chi connectivity index (χ1v) is 9.78. The second kappa shape index (κ2) is 8.37. The van der Waals surface area contributed by atoms with Crippen molar-refractivity contribution in [3.05, 3.63) is 41.0 Å². The molecule has 1 fully saturated rings. The van der Waals surface area contributed by atoms with Crippen LogP contribution in [-0.4, -0.2) is 53.5 Å². The predicted octanol–water partition coefficient (Wildman–Crippen LogP) is 1.92. The predicted molar refractivity (Wildman–Crippen MR) is 103 cm³/mol. The van der Waals surface area contributed by atoms with E-state index in [4.69, 9.17) is 9.47 Å². The summed E-state index contributed by atoms with van der Waals surface area (Å²) in [6.07, 6.45) is 2.32. The quantitative estimate of drug-likeness (QED) is 0.837. The van der Waals surface area contributed by atoms with E-state index in [9.17, 15) is 0 Å². The summed E-state index contributed by atoms with van der Waals surface area (Å²) < 4.78 is 13.2. The van der Waals surface area contributed by atoms with Crippen LogP contribution >= 0.6 is 0 Å². The van der Waals surface area contributed by atoms with Crippen LogP contribution in [0.5, 0.6) is 5.75 Å². The van der Waals surface area contributed by atoms with Crippen molar-refractivity contribution in [1.29, 1.82) is 0 Å². The average Bonchev–Trinajstić information content (AvgIpc) is 3.12. The Morgan fingerprint density at radius 1 is 1.15 bits per heavy atom. The normalized spacial score (nSPS) is 18.4. The molecule has 0 atom stereocenters. The molecule has 0 spiro atoms. The highest BCUT2D eigenvalue weighted by molar-refractivity contribution is 5.37. The molecule has 0 unspecified atom stereocenters. The zero-order valence-electron chi connectivity index (χ0n) is 16.3. The molecule has 7 heteroatoms. The van der Waals surface area contributed by atoms with Gasteiger partial charge in [-0.15, -0.1) is 10.2 Å². The highest BCUT2D eigenvalue weighted by atomic mass is 16.5. The van der Waals surface area contributed by atoms with E-state index in [-0.39, 0.29) is 0 Å². The molecule has 7 nitrogen and oxygen atoms in total. The van der Waals surface area contributed by atoms with Crippen LogP contribution in [0.4, 0.5) is 0 Å². The summed E-state index contributed by atoms with van der Waals surface area (Å²) in [4.78, 5) is 2.42. The van der Waals surface area contributed by atoms with Crippen molar-refractivity contribution < 1.29 is 9.47 Å². The minimum atomic E-state index is 0.546. The van der Waals surface area contributed by atoms with E-state index < -0.39 is 0 Å². The summed E-state index contributed by atoms with van der Waals surface area (Å²) in [5.41, 5.74) is 2.36. The SMILES string of the molecule is COCc1ccc(OC)c(CN2CCn3c(nnc3C3CCNCC3)C2)c1. The first-order chi connectivity index (χ1) is 13.3. The number of ether oxygens (including phenoxy) is 2. The van der Waals surface area contributed by atoms with E-state index in [2.05, 4.69) is 37.1 Å². The van der Waals surface area contributed by atoms with Gasteiger partial charge in [-0.05, 0) is 43.6 Å². The highest BCUT2D eigenvalue weighted by Gasteiger charge is 2.27. The van der Waals surface area contributed by atoms with Crippen molar-refractivity contribution in [3.8, 4) is 5.75 Å². The van der Waals surface area contributed by atoms with Gasteiger partial charge in [-0.2, -0.15) is 0 Å². The molecule has 2 aromatic rings. The second-order valence-corrected chi connectivity index (χ2v) is 7.44. The van der Waals surface area contributed by atoms with Crippen molar-refractivity contribution >= 4 is 0 Å². The van der Waals surface area contributed by atoms with E-state index >= 15 is 0 Å². The van der Waals surface area contributed by atoms with E-state index in [0.717, 1.165) is 63.7 Å². The monoisotopic (exact) mass is 371 g/mol. The number of nitrogens with zero attached hydrogens (tertiary/aromatic N) is 4. The molecule has 27 heavy (non-hydrogen) atoms. The van der Waals surface area contributed by atoms with Gasteiger partial charge in [0.15, 0.2) is 0 Å². The number of fused-ring (bicyclic) bond motifs is 1. The summed E-state index contributed by atoms with van der Waals surface area (Å²) in [5.74, 6) is 3.75. The Morgan fingerprint density at radius 2 is 2.00 bits per heavy atom. The number of aromatic nitrogens is 3. The van der Waals surface area contributed by atoms with Crippen LogP contribution in [0.1, 0.15) is 41.5 Å². The molecular weight excluding hydrogens is 342 g/mol. The van der Waals surface area contributed by atoms with Gasteiger partial charge in [-0.1, -0.05) is 6.07 Å². The molecule has 1 N–H and O–H groups in total. The minimum absolute atomic E-state index is 0.546. The number of benzene rings is 1. The van der Waals surface area contributed by atoms with Gasteiger partial charge in [0, 0.05) is 38.2 Å². The standard InChI is InChI=1S/C20H29N5O2/c1-26-14-15-3-4-18(27-2)17(11-15)12-24-9-10-25-19(13-24)22-23-20(25)16-5-7-21-8-6-16/h3-4,11,16,21H,5-10,12-14H2,1-2H3. The third kappa shape index (κ3) is 4.00. The smallest absolute Gasteiger partial charge is 0.147 e. The van der Waals surface area contributed by atoms with E-state index in [1.807, 2.05) is 6.07 Å². The lowest BCUT2D eigenvalue weighted by Crippen LogP contribution is -2.35. The lowest BCUT2D eigenvalue weighted by molar-refractivity contribution is 0.184. The van der Waals surface area contributed by atoms with Crippen LogP contribution in [0.2, 0.25) is 0 Å². The molecule has 0 aliphatic carbocycles. The van der Waals surface area contributed by atoms with Crippen molar-refractivity contribution in [2.24, 2.45) is 0 Å². The molecule has 4 rings (SSSR count). The van der Waals surface area contributed by atoms with Crippen LogP contribution in [0, 0.1) is 0 Å². The fraction of sp³-hybridized carbons (Fsp3) is 0.600. The van der Waals surface area contributed by atoms with E-state index in [0.29, 0.717) is 12.5 Å². The van der Waals surface area contributed by atoms with Gasteiger partial charge in [0.25, 0.3) is 0 Å². The summed E-state index contributed by atoms with van der Waals surface area (Å²) in [7, 11) is 3.45. The van der Waals surface area contributed by atoms with E-state index in [1.54, 1.807) is 14.2 Å². The molecule has 1 saturated heterocycles. The maximum atomic E-state index is 5.57. The average molecular weight is 371 g/mol. The summed E-state index contributed by atoms with van der Waals surface area (Å²) in [6.45, 7) is 6.41. The summed E-state index contributed by atoms with van der Waals surface area (Å²) >= 11 is 0. The Morgan fingerprint density at radius 3 is 2.78 bits per heavy atom. The molecule has 0 saturated carbocycles. The van der Waals surface area contributed by atoms with Crippen LogP contribution < -0.4 is 10.1 Å². The van der Waals surface area contributed by atoms with Crippen molar-refractivity contribution in [1.82, 2.24) is 25.0 Å². The maximum absolute atomic E-state index is 5.57. The Kier molecular flexibility index (Phi) is 5.71. The topological polar surface area (TPSA) is 64.4 Å². The van der Waals surface area contributed by atoms with Crippen LogP contribution in [-0.2, 0) is 31.0 Å². The fourth-order valence-electron chi connectivity index (χ4n) is 4.20. The Hall–Kier alpha value is -1.96. The first-order valence-electron chi connectivity index (χ1n) is 9.78. The number of nitrogens with one attached hydrogen (secondary N) is 1. The molecule has 0 radical (unpaired) electrons. The summed E-state index contributed by atoms with van der Waals surface area (Å²) in [5, 5.41) is 12.5. The van der Waals surface area contributed by atoms with Gasteiger partial charge in [0.1, 0.15) is 17.4 Å². The number of piperidine rings is 1. The lowest BCUT2D eigenvalue weighted by atomic mass is 9.97. The molecule has 2 aliphatic rings. The van der Waals surface area contributed by atoms with Crippen LogP contribution in [0.25, 0.3) is 0 Å². The number of hydrogen-bond acceptors (Lipinski definition) is 6. The Bertz CT molecular complexity index is 770. The van der Waals surface area contributed by atoms with Gasteiger partial charge in [-0.3, -0.25) is 4.90 Å². The highest BCUT2D eigenvalue weighted by Crippen LogP contribution is 2.28. The van der Waals surface area contributed by atoms with Gasteiger partial charge < -0.3 is 19.4 Å².